The zero-order valence-electron chi connectivity index (χ0n) is 18.1. The number of nitrogens with zero attached hydrogens (tertiary/aromatic N) is 2. The Morgan fingerprint density at radius 3 is 2.76 bits per heavy atom. The zero-order valence-corrected chi connectivity index (χ0v) is 18.9. The molecule has 0 bridgehead atoms. The minimum Gasteiger partial charge on any atom is -0.454 e. The van der Waals surface area contributed by atoms with E-state index in [2.05, 4.69) is 5.32 Å². The van der Waals surface area contributed by atoms with Crippen LogP contribution < -0.4 is 26.0 Å². The SMILES string of the molecule is Cc1cccc(-n2c(=O)c3sccc3n(CC(=O)NCc3ccc4c(c3)OCO4)c2=O)c1C. The van der Waals surface area contributed by atoms with E-state index in [0.717, 1.165) is 21.3 Å². The molecule has 1 amide bonds. The lowest BCUT2D eigenvalue weighted by atomic mass is 10.1. The molecule has 5 rings (SSSR count). The molecule has 0 spiro atoms. The molecule has 4 aromatic rings. The molecule has 1 N–H and O–H groups in total. The van der Waals surface area contributed by atoms with Crippen molar-refractivity contribution in [2.45, 2.75) is 26.9 Å². The predicted molar refractivity (Wildman–Crippen MR) is 126 cm³/mol. The van der Waals surface area contributed by atoms with Crippen molar-refractivity contribution in [3.63, 3.8) is 0 Å². The van der Waals surface area contributed by atoms with E-state index in [9.17, 15) is 14.4 Å². The Balaban J connectivity index is 1.47. The standard InChI is InChI=1S/C24H21N3O5S/c1-14-4-3-5-17(15(14)2)27-23(29)22-18(8-9-33-22)26(24(27)30)12-21(28)25-11-16-6-7-19-20(10-16)32-13-31-19/h3-10H,11-13H2,1-2H3,(H,25,28). The van der Waals surface area contributed by atoms with E-state index in [1.165, 1.54) is 15.9 Å². The Kier molecular flexibility index (Phi) is 5.26. The van der Waals surface area contributed by atoms with Crippen LogP contribution in [0.5, 0.6) is 11.5 Å². The molecule has 168 valence electrons. The summed E-state index contributed by atoms with van der Waals surface area (Å²) in [5, 5.41) is 4.59. The number of ether oxygens (including phenoxy) is 2. The highest BCUT2D eigenvalue weighted by molar-refractivity contribution is 7.17. The van der Waals surface area contributed by atoms with Crippen molar-refractivity contribution >= 4 is 27.5 Å². The molecule has 0 aliphatic carbocycles. The van der Waals surface area contributed by atoms with E-state index < -0.39 is 5.69 Å². The van der Waals surface area contributed by atoms with Crippen molar-refractivity contribution in [3.8, 4) is 17.2 Å². The van der Waals surface area contributed by atoms with Gasteiger partial charge < -0.3 is 14.8 Å². The maximum atomic E-state index is 13.4. The van der Waals surface area contributed by atoms with Crippen molar-refractivity contribution in [3.05, 3.63) is 85.4 Å². The average Bonchev–Trinajstić information content (AvgIpc) is 3.47. The largest absolute Gasteiger partial charge is 0.454 e. The van der Waals surface area contributed by atoms with Gasteiger partial charge in [0.15, 0.2) is 11.5 Å². The van der Waals surface area contributed by atoms with Crippen molar-refractivity contribution in [1.82, 2.24) is 14.5 Å². The van der Waals surface area contributed by atoms with Crippen molar-refractivity contribution < 1.29 is 14.3 Å². The third kappa shape index (κ3) is 3.70. The monoisotopic (exact) mass is 463 g/mol. The first-order valence-electron chi connectivity index (χ1n) is 10.4. The second-order valence-corrected chi connectivity index (χ2v) is 8.74. The van der Waals surface area contributed by atoms with Crippen LogP contribution in [0.4, 0.5) is 0 Å². The fourth-order valence-electron chi connectivity index (χ4n) is 3.88. The quantitative estimate of drug-likeness (QED) is 0.492. The molecule has 1 aliphatic heterocycles. The fraction of sp³-hybridized carbons (Fsp3) is 0.208. The highest BCUT2D eigenvalue weighted by Crippen LogP contribution is 2.32. The van der Waals surface area contributed by atoms with Crippen LogP contribution in [0.2, 0.25) is 0 Å². The van der Waals surface area contributed by atoms with Crippen LogP contribution >= 0.6 is 11.3 Å². The van der Waals surface area contributed by atoms with E-state index in [4.69, 9.17) is 9.47 Å². The third-order valence-electron chi connectivity index (χ3n) is 5.80. The van der Waals surface area contributed by atoms with Gasteiger partial charge in [0.05, 0.1) is 11.2 Å². The van der Waals surface area contributed by atoms with Gasteiger partial charge in [-0.3, -0.25) is 14.2 Å². The Hall–Kier alpha value is -3.85. The lowest BCUT2D eigenvalue weighted by molar-refractivity contribution is -0.121. The van der Waals surface area contributed by atoms with Crippen LogP contribution in [-0.4, -0.2) is 21.8 Å². The fourth-order valence-corrected chi connectivity index (χ4v) is 4.71. The number of thiophene rings is 1. The number of carbonyl (C=O) groups is 1. The number of hydrogen-bond acceptors (Lipinski definition) is 6. The molecule has 2 aromatic carbocycles. The highest BCUT2D eigenvalue weighted by atomic mass is 32.1. The van der Waals surface area contributed by atoms with E-state index >= 15 is 0 Å². The topological polar surface area (TPSA) is 91.6 Å². The Morgan fingerprint density at radius 1 is 1.09 bits per heavy atom. The molecule has 33 heavy (non-hydrogen) atoms. The van der Waals surface area contributed by atoms with Gasteiger partial charge in [0.25, 0.3) is 5.56 Å². The zero-order chi connectivity index (χ0) is 23.1. The average molecular weight is 464 g/mol. The molecule has 9 heteroatoms. The van der Waals surface area contributed by atoms with Gasteiger partial charge in [-0.05, 0) is 60.2 Å². The summed E-state index contributed by atoms with van der Waals surface area (Å²) in [5.74, 6) is 0.970. The van der Waals surface area contributed by atoms with Crippen molar-refractivity contribution in [1.29, 1.82) is 0 Å². The van der Waals surface area contributed by atoms with Crippen LogP contribution in [0.1, 0.15) is 16.7 Å². The summed E-state index contributed by atoms with van der Waals surface area (Å²) in [6.07, 6.45) is 0. The molecule has 0 atom stereocenters. The molecule has 0 saturated carbocycles. The summed E-state index contributed by atoms with van der Waals surface area (Å²) < 4.78 is 13.6. The maximum Gasteiger partial charge on any atom is 0.336 e. The molecule has 0 unspecified atom stereocenters. The minimum absolute atomic E-state index is 0.181. The first-order chi connectivity index (χ1) is 15.9. The van der Waals surface area contributed by atoms with Crippen LogP contribution in [0, 0.1) is 13.8 Å². The van der Waals surface area contributed by atoms with Crippen LogP contribution in [-0.2, 0) is 17.9 Å². The second-order valence-electron chi connectivity index (χ2n) is 7.83. The first kappa shape index (κ1) is 21.0. The number of nitrogens with one attached hydrogen (secondary N) is 1. The first-order valence-corrected chi connectivity index (χ1v) is 11.3. The van der Waals surface area contributed by atoms with Crippen LogP contribution in [0.15, 0.2) is 57.4 Å². The minimum atomic E-state index is -0.544. The Morgan fingerprint density at radius 2 is 1.91 bits per heavy atom. The molecule has 2 aromatic heterocycles. The second kappa shape index (κ2) is 8.25. The smallest absolute Gasteiger partial charge is 0.336 e. The summed E-state index contributed by atoms with van der Waals surface area (Å²) in [5.41, 5.74) is 2.71. The summed E-state index contributed by atoms with van der Waals surface area (Å²) >= 11 is 1.25. The van der Waals surface area contributed by atoms with E-state index in [1.807, 2.05) is 38.1 Å². The van der Waals surface area contributed by atoms with Gasteiger partial charge in [0.1, 0.15) is 11.2 Å². The number of benzene rings is 2. The molecule has 8 nitrogen and oxygen atoms in total. The van der Waals surface area contributed by atoms with Gasteiger partial charge in [0.2, 0.25) is 12.7 Å². The summed E-state index contributed by atoms with van der Waals surface area (Å²) in [6, 6.07) is 12.6. The molecule has 0 saturated heterocycles. The normalized spacial score (nSPS) is 12.3. The Bertz CT molecular complexity index is 1520. The summed E-state index contributed by atoms with van der Waals surface area (Å²) in [4.78, 5) is 39.4. The summed E-state index contributed by atoms with van der Waals surface area (Å²) in [6.45, 7) is 4.05. The summed E-state index contributed by atoms with van der Waals surface area (Å²) in [7, 11) is 0. The number of hydrogen-bond donors (Lipinski definition) is 1. The Labute approximate surface area is 192 Å². The van der Waals surface area contributed by atoms with Crippen molar-refractivity contribution in [2.75, 3.05) is 6.79 Å². The van der Waals surface area contributed by atoms with Gasteiger partial charge in [0, 0.05) is 6.54 Å². The van der Waals surface area contributed by atoms with E-state index in [-0.39, 0.29) is 31.3 Å². The predicted octanol–water partition coefficient (Wildman–Crippen LogP) is 2.88. The number of fused-ring (bicyclic) bond motifs is 2. The number of aromatic nitrogens is 2. The van der Waals surface area contributed by atoms with Crippen LogP contribution in [0.25, 0.3) is 15.9 Å². The third-order valence-corrected chi connectivity index (χ3v) is 6.69. The molecular weight excluding hydrogens is 442 g/mol. The number of carbonyl (C=O) groups excluding carboxylic acids is 1. The molecule has 1 aliphatic rings. The van der Waals surface area contributed by atoms with Crippen molar-refractivity contribution in [2.24, 2.45) is 0 Å². The number of rotatable bonds is 5. The highest BCUT2D eigenvalue weighted by Gasteiger charge is 2.19. The number of aryl methyl sites for hydroxylation is 1. The molecular formula is C24H21N3O5S. The lowest BCUT2D eigenvalue weighted by Crippen LogP contribution is -2.41. The molecule has 3 heterocycles. The maximum absolute atomic E-state index is 13.4. The van der Waals surface area contributed by atoms with Gasteiger partial charge in [-0.25, -0.2) is 9.36 Å². The molecule has 0 fully saturated rings. The van der Waals surface area contributed by atoms with E-state index in [1.54, 1.807) is 23.6 Å². The van der Waals surface area contributed by atoms with E-state index in [0.29, 0.717) is 27.4 Å². The molecule has 0 radical (unpaired) electrons. The van der Waals surface area contributed by atoms with Gasteiger partial charge >= 0.3 is 5.69 Å². The van der Waals surface area contributed by atoms with Gasteiger partial charge in [-0.1, -0.05) is 18.2 Å². The van der Waals surface area contributed by atoms with Gasteiger partial charge in [-0.2, -0.15) is 0 Å². The van der Waals surface area contributed by atoms with Gasteiger partial charge in [-0.15, -0.1) is 11.3 Å². The lowest BCUT2D eigenvalue weighted by Gasteiger charge is -2.15. The number of amides is 1. The van der Waals surface area contributed by atoms with Crippen LogP contribution in [0.3, 0.4) is 0 Å².